The van der Waals surface area contributed by atoms with Gasteiger partial charge in [0, 0.05) is 50.3 Å². The molecule has 1 fully saturated rings. The van der Waals surface area contributed by atoms with Crippen molar-refractivity contribution in [2.75, 3.05) is 26.2 Å². The van der Waals surface area contributed by atoms with Gasteiger partial charge in [-0.15, -0.1) is 0 Å². The van der Waals surface area contributed by atoms with Crippen molar-refractivity contribution in [3.63, 3.8) is 0 Å². The minimum Gasteiger partial charge on any atom is -0.350 e. The number of aromatic amines is 1. The summed E-state index contributed by atoms with van der Waals surface area (Å²) in [7, 11) is 1.94. The highest BCUT2D eigenvalue weighted by Crippen LogP contribution is 2.22. The van der Waals surface area contributed by atoms with Crippen LogP contribution in [0.3, 0.4) is 0 Å². The van der Waals surface area contributed by atoms with Crippen molar-refractivity contribution in [2.24, 2.45) is 7.05 Å². The highest BCUT2D eigenvalue weighted by atomic mass is 16.2. The van der Waals surface area contributed by atoms with Gasteiger partial charge in [-0.05, 0) is 12.5 Å². The van der Waals surface area contributed by atoms with Crippen LogP contribution in [0.15, 0.2) is 36.7 Å². The summed E-state index contributed by atoms with van der Waals surface area (Å²) in [6, 6.07) is 7.89. The maximum Gasteiger partial charge on any atom is 0.276 e. The Morgan fingerprint density at radius 1 is 1.04 bits per heavy atom. The molecule has 1 aliphatic rings. The summed E-state index contributed by atoms with van der Waals surface area (Å²) in [5.74, 6) is -0.143. The number of nitrogens with one attached hydrogen (secondary N) is 1. The van der Waals surface area contributed by atoms with Crippen molar-refractivity contribution in [2.45, 2.75) is 6.42 Å². The predicted octanol–water partition coefficient (Wildman–Crippen LogP) is 1.28. The minimum absolute atomic E-state index is 0.0116. The Morgan fingerprint density at radius 3 is 2.50 bits per heavy atom. The molecule has 0 aliphatic carbocycles. The van der Waals surface area contributed by atoms with E-state index < -0.39 is 0 Å². The number of hydrogen-bond donors (Lipinski definition) is 1. The molecule has 0 radical (unpaired) electrons. The largest absolute Gasteiger partial charge is 0.350 e. The average molecular weight is 352 g/mol. The number of nitrogens with zero attached hydrogens (tertiary/aromatic N) is 5. The molecule has 2 aromatic heterocycles. The normalized spacial score (nSPS) is 15.3. The summed E-state index contributed by atoms with van der Waals surface area (Å²) < 4.78 is 1.97. The molecule has 26 heavy (non-hydrogen) atoms. The van der Waals surface area contributed by atoms with E-state index in [0.717, 1.165) is 17.3 Å². The lowest BCUT2D eigenvalue weighted by Gasteiger charge is -2.21. The summed E-state index contributed by atoms with van der Waals surface area (Å²) in [6.45, 7) is 2.23. The van der Waals surface area contributed by atoms with Crippen LogP contribution < -0.4 is 0 Å². The lowest BCUT2D eigenvalue weighted by Crippen LogP contribution is -2.37. The van der Waals surface area contributed by atoms with Gasteiger partial charge < -0.3 is 14.4 Å². The van der Waals surface area contributed by atoms with E-state index in [9.17, 15) is 9.59 Å². The number of aromatic nitrogens is 4. The second-order valence-electron chi connectivity index (χ2n) is 6.46. The predicted molar refractivity (Wildman–Crippen MR) is 95.7 cm³/mol. The van der Waals surface area contributed by atoms with Crippen LogP contribution >= 0.6 is 0 Å². The molecular formula is C18H20N6O2. The van der Waals surface area contributed by atoms with Crippen LogP contribution in [0.1, 0.15) is 27.3 Å². The van der Waals surface area contributed by atoms with E-state index in [2.05, 4.69) is 15.4 Å². The van der Waals surface area contributed by atoms with Gasteiger partial charge in [-0.3, -0.25) is 9.59 Å². The fourth-order valence-corrected chi connectivity index (χ4v) is 3.47. The number of carbonyl (C=O) groups is 2. The number of para-hydroxylation sites is 1. The molecule has 1 aliphatic heterocycles. The second kappa shape index (κ2) is 6.62. The fourth-order valence-electron chi connectivity index (χ4n) is 3.47. The molecule has 8 nitrogen and oxygen atoms in total. The van der Waals surface area contributed by atoms with Gasteiger partial charge in [-0.1, -0.05) is 18.2 Å². The van der Waals surface area contributed by atoms with Crippen LogP contribution in [0.2, 0.25) is 0 Å². The first-order valence-corrected chi connectivity index (χ1v) is 8.63. The number of aryl methyl sites for hydroxylation is 1. The molecule has 134 valence electrons. The van der Waals surface area contributed by atoms with E-state index in [1.165, 1.54) is 6.20 Å². The number of carbonyl (C=O) groups excluding carboxylic acids is 2. The Labute approximate surface area is 150 Å². The van der Waals surface area contributed by atoms with Gasteiger partial charge in [0.15, 0.2) is 5.69 Å². The Hall–Kier alpha value is -3.16. The zero-order chi connectivity index (χ0) is 18.1. The molecule has 4 rings (SSSR count). The zero-order valence-electron chi connectivity index (χ0n) is 14.6. The molecule has 0 bridgehead atoms. The average Bonchev–Trinajstić information content (AvgIpc) is 3.23. The third kappa shape index (κ3) is 2.83. The standard InChI is InChI=1S/C18H20N6O2/c1-22-12-14(13-5-2-3-6-16(13)22)17(25)23-7-4-8-24(10-9-23)18(26)15-11-19-21-20-15/h2-3,5-6,11-12H,4,7-10H2,1H3,(H,19,20,21). The SMILES string of the molecule is Cn1cc(C(=O)N2CCCN(C(=O)c3cn[nH]n3)CC2)c2ccccc21. The van der Waals surface area contributed by atoms with E-state index >= 15 is 0 Å². The highest BCUT2D eigenvalue weighted by Gasteiger charge is 2.26. The lowest BCUT2D eigenvalue weighted by atomic mass is 10.1. The summed E-state index contributed by atoms with van der Waals surface area (Å²) >= 11 is 0. The third-order valence-electron chi connectivity index (χ3n) is 4.83. The summed E-state index contributed by atoms with van der Waals surface area (Å²) in [5.41, 5.74) is 2.05. The smallest absolute Gasteiger partial charge is 0.276 e. The molecule has 1 N–H and O–H groups in total. The van der Waals surface area contributed by atoms with Crippen molar-refractivity contribution in [1.82, 2.24) is 29.8 Å². The topological polar surface area (TPSA) is 87.1 Å². The van der Waals surface area contributed by atoms with Gasteiger partial charge in [-0.25, -0.2) is 0 Å². The third-order valence-corrected chi connectivity index (χ3v) is 4.83. The molecule has 2 amide bonds. The van der Waals surface area contributed by atoms with Crippen LogP contribution in [0, 0.1) is 0 Å². The van der Waals surface area contributed by atoms with E-state index in [1.54, 1.807) is 4.90 Å². The number of amides is 2. The van der Waals surface area contributed by atoms with Crippen molar-refractivity contribution in [3.8, 4) is 0 Å². The summed E-state index contributed by atoms with van der Waals surface area (Å²) in [6.07, 6.45) is 4.04. The van der Waals surface area contributed by atoms with Gasteiger partial charge in [0.2, 0.25) is 0 Å². The maximum absolute atomic E-state index is 13.1. The molecule has 3 aromatic rings. The van der Waals surface area contributed by atoms with Crippen LogP contribution in [-0.2, 0) is 7.05 Å². The van der Waals surface area contributed by atoms with Crippen LogP contribution in [0.5, 0.6) is 0 Å². The number of H-pyrrole nitrogens is 1. The summed E-state index contributed by atoms with van der Waals surface area (Å²) in [4.78, 5) is 29.1. The van der Waals surface area contributed by atoms with Crippen LogP contribution in [0.4, 0.5) is 0 Å². The molecule has 0 unspecified atom stereocenters. The van der Waals surface area contributed by atoms with Gasteiger partial charge in [-0.2, -0.15) is 15.4 Å². The van der Waals surface area contributed by atoms with E-state index in [1.807, 2.05) is 47.0 Å². The minimum atomic E-state index is -0.154. The first-order valence-electron chi connectivity index (χ1n) is 8.63. The van der Waals surface area contributed by atoms with Crippen LogP contribution in [-0.4, -0.2) is 67.8 Å². The maximum atomic E-state index is 13.1. The lowest BCUT2D eigenvalue weighted by molar-refractivity contribution is 0.0716. The molecular weight excluding hydrogens is 332 g/mol. The Bertz CT molecular complexity index is 946. The summed E-state index contributed by atoms with van der Waals surface area (Å²) in [5, 5.41) is 11.0. The van der Waals surface area contributed by atoms with E-state index in [4.69, 9.17) is 0 Å². The number of rotatable bonds is 2. The Kier molecular flexibility index (Phi) is 4.16. The fraction of sp³-hybridized carbons (Fsp3) is 0.333. The van der Waals surface area contributed by atoms with Crippen molar-refractivity contribution in [3.05, 3.63) is 47.9 Å². The molecule has 1 saturated heterocycles. The van der Waals surface area contributed by atoms with E-state index in [0.29, 0.717) is 37.4 Å². The number of benzene rings is 1. The van der Waals surface area contributed by atoms with Gasteiger partial charge in [0.25, 0.3) is 11.8 Å². The van der Waals surface area contributed by atoms with Gasteiger partial charge in [0.05, 0.1) is 11.8 Å². The van der Waals surface area contributed by atoms with Gasteiger partial charge in [0.1, 0.15) is 0 Å². The second-order valence-corrected chi connectivity index (χ2v) is 6.46. The zero-order valence-corrected chi connectivity index (χ0v) is 14.6. The Morgan fingerprint density at radius 2 is 1.77 bits per heavy atom. The first-order chi connectivity index (χ1) is 12.6. The van der Waals surface area contributed by atoms with Crippen molar-refractivity contribution >= 4 is 22.7 Å². The highest BCUT2D eigenvalue weighted by molar-refractivity contribution is 6.07. The monoisotopic (exact) mass is 352 g/mol. The number of hydrogen-bond acceptors (Lipinski definition) is 4. The molecule has 3 heterocycles. The quantitative estimate of drug-likeness (QED) is 0.753. The molecule has 1 aromatic carbocycles. The van der Waals surface area contributed by atoms with Crippen molar-refractivity contribution < 1.29 is 9.59 Å². The molecule has 0 spiro atoms. The molecule has 8 heteroatoms. The van der Waals surface area contributed by atoms with Crippen LogP contribution in [0.25, 0.3) is 10.9 Å². The van der Waals surface area contributed by atoms with E-state index in [-0.39, 0.29) is 11.8 Å². The molecule has 0 saturated carbocycles. The Balaban J connectivity index is 1.52. The molecule has 0 atom stereocenters. The van der Waals surface area contributed by atoms with Crippen molar-refractivity contribution in [1.29, 1.82) is 0 Å². The number of fused-ring (bicyclic) bond motifs is 1. The first kappa shape index (κ1) is 16.3. The van der Waals surface area contributed by atoms with Gasteiger partial charge >= 0.3 is 0 Å².